The number of para-hydroxylation sites is 1. The number of benzene rings is 1. The summed E-state index contributed by atoms with van der Waals surface area (Å²) in [6.45, 7) is 10.5. The van der Waals surface area contributed by atoms with Crippen LogP contribution < -0.4 is 11.1 Å². The summed E-state index contributed by atoms with van der Waals surface area (Å²) in [5.41, 5.74) is 9.31. The van der Waals surface area contributed by atoms with Crippen molar-refractivity contribution in [1.82, 2.24) is 15.1 Å². The Morgan fingerprint density at radius 3 is 2.46 bits per heavy atom. The van der Waals surface area contributed by atoms with Crippen molar-refractivity contribution < 1.29 is 4.79 Å². The highest BCUT2D eigenvalue weighted by Gasteiger charge is 2.29. The molecule has 5 heteroatoms. The van der Waals surface area contributed by atoms with Gasteiger partial charge in [-0.3, -0.25) is 4.79 Å². The molecule has 0 radical (unpaired) electrons. The molecule has 0 aliphatic rings. The Hall–Kier alpha value is -2.14. The van der Waals surface area contributed by atoms with Crippen LogP contribution in [0, 0.1) is 19.8 Å². The molecule has 24 heavy (non-hydrogen) atoms. The maximum absolute atomic E-state index is 12.5. The van der Waals surface area contributed by atoms with E-state index in [2.05, 4.69) is 24.3 Å². The third kappa shape index (κ3) is 3.67. The van der Waals surface area contributed by atoms with E-state index in [1.807, 2.05) is 55.8 Å². The second-order valence-electron chi connectivity index (χ2n) is 6.90. The Morgan fingerprint density at radius 1 is 1.29 bits per heavy atom. The fraction of sp³-hybridized carbons (Fsp3) is 0.474. The second kappa shape index (κ2) is 7.18. The number of carbonyl (C=O) groups is 1. The Balaban J connectivity index is 2.22. The summed E-state index contributed by atoms with van der Waals surface area (Å²) < 4.78 is 1.89. The van der Waals surface area contributed by atoms with E-state index >= 15 is 0 Å². The van der Waals surface area contributed by atoms with Gasteiger partial charge in [0, 0.05) is 17.8 Å². The summed E-state index contributed by atoms with van der Waals surface area (Å²) in [6, 6.07) is 9.95. The van der Waals surface area contributed by atoms with Gasteiger partial charge in [0.2, 0.25) is 5.91 Å². The Labute approximate surface area is 144 Å². The van der Waals surface area contributed by atoms with Crippen molar-refractivity contribution in [1.29, 1.82) is 0 Å². The maximum Gasteiger partial charge on any atom is 0.225 e. The van der Waals surface area contributed by atoms with E-state index in [-0.39, 0.29) is 11.8 Å². The Kier molecular flexibility index (Phi) is 5.44. The molecule has 130 valence electrons. The Morgan fingerprint density at radius 2 is 1.92 bits per heavy atom. The van der Waals surface area contributed by atoms with Gasteiger partial charge in [-0.15, -0.1) is 0 Å². The van der Waals surface area contributed by atoms with Crippen molar-refractivity contribution in [3.63, 3.8) is 0 Å². The van der Waals surface area contributed by atoms with E-state index in [9.17, 15) is 4.79 Å². The van der Waals surface area contributed by atoms with Crippen molar-refractivity contribution in [2.75, 3.05) is 6.54 Å². The van der Waals surface area contributed by atoms with Crippen LogP contribution in [0.4, 0.5) is 0 Å². The van der Waals surface area contributed by atoms with E-state index < -0.39 is 5.54 Å². The molecule has 3 N–H and O–H groups in total. The molecular formula is C19H28N4O. The highest BCUT2D eigenvalue weighted by atomic mass is 16.1. The van der Waals surface area contributed by atoms with Crippen LogP contribution in [0.25, 0.3) is 5.69 Å². The van der Waals surface area contributed by atoms with Gasteiger partial charge in [-0.1, -0.05) is 32.0 Å². The molecule has 1 atom stereocenters. The lowest BCUT2D eigenvalue weighted by molar-refractivity contribution is -0.122. The number of nitrogens with one attached hydrogen (secondary N) is 1. The van der Waals surface area contributed by atoms with Gasteiger partial charge in [0.05, 0.1) is 23.3 Å². The monoisotopic (exact) mass is 328 g/mol. The first-order valence-electron chi connectivity index (χ1n) is 8.40. The van der Waals surface area contributed by atoms with Gasteiger partial charge in [0.1, 0.15) is 0 Å². The molecule has 2 rings (SSSR count). The molecule has 0 fully saturated rings. The van der Waals surface area contributed by atoms with E-state index in [0.29, 0.717) is 13.0 Å². The number of nitrogens with zero attached hydrogens (tertiary/aromatic N) is 2. The number of hydrogen-bond acceptors (Lipinski definition) is 3. The lowest BCUT2D eigenvalue weighted by Crippen LogP contribution is -2.55. The zero-order valence-electron chi connectivity index (χ0n) is 15.3. The van der Waals surface area contributed by atoms with Crippen LogP contribution in [0.1, 0.15) is 37.7 Å². The van der Waals surface area contributed by atoms with Crippen LogP contribution in [0.2, 0.25) is 0 Å². The van der Waals surface area contributed by atoms with Crippen molar-refractivity contribution in [2.45, 2.75) is 46.6 Å². The molecule has 5 nitrogen and oxygen atoms in total. The normalized spacial score (nSPS) is 13.8. The standard InChI is InChI=1S/C19H28N4O/c1-13(2)19(5,12-20)21-18(24)11-17-14(3)22-23(15(17)4)16-9-7-6-8-10-16/h6-10,13H,11-12,20H2,1-5H3,(H,21,24). The summed E-state index contributed by atoms with van der Waals surface area (Å²) in [6.07, 6.45) is 0.312. The fourth-order valence-electron chi connectivity index (χ4n) is 2.71. The highest BCUT2D eigenvalue weighted by Crippen LogP contribution is 2.20. The molecule has 0 aliphatic heterocycles. The first-order valence-corrected chi connectivity index (χ1v) is 8.40. The van der Waals surface area contributed by atoms with Crippen molar-refractivity contribution in [3.8, 4) is 5.69 Å². The first kappa shape index (κ1) is 18.2. The average molecular weight is 328 g/mol. The molecule has 1 aromatic heterocycles. The summed E-state index contributed by atoms with van der Waals surface area (Å²) in [4.78, 5) is 12.5. The molecular weight excluding hydrogens is 300 g/mol. The number of amides is 1. The third-order valence-corrected chi connectivity index (χ3v) is 4.90. The Bertz CT molecular complexity index is 706. The molecule has 2 aromatic rings. The van der Waals surface area contributed by atoms with Gasteiger partial charge in [0.15, 0.2) is 0 Å². The van der Waals surface area contributed by atoms with Crippen LogP contribution in [-0.2, 0) is 11.2 Å². The zero-order chi connectivity index (χ0) is 17.9. The van der Waals surface area contributed by atoms with Crippen LogP contribution in [0.15, 0.2) is 30.3 Å². The van der Waals surface area contributed by atoms with Crippen molar-refractivity contribution >= 4 is 5.91 Å². The van der Waals surface area contributed by atoms with Gasteiger partial charge in [-0.2, -0.15) is 5.10 Å². The molecule has 0 saturated heterocycles. The smallest absolute Gasteiger partial charge is 0.225 e. The number of carbonyl (C=O) groups excluding carboxylic acids is 1. The predicted molar refractivity (Wildman–Crippen MR) is 97.2 cm³/mol. The van der Waals surface area contributed by atoms with E-state index in [4.69, 9.17) is 5.73 Å². The average Bonchev–Trinajstić information content (AvgIpc) is 2.83. The molecule has 1 amide bonds. The summed E-state index contributed by atoms with van der Waals surface area (Å²) in [7, 11) is 0. The lowest BCUT2D eigenvalue weighted by Gasteiger charge is -2.33. The molecule has 0 bridgehead atoms. The maximum atomic E-state index is 12.5. The minimum absolute atomic E-state index is 0.0181. The van der Waals surface area contributed by atoms with E-state index in [0.717, 1.165) is 22.6 Å². The van der Waals surface area contributed by atoms with Crippen molar-refractivity contribution in [3.05, 3.63) is 47.3 Å². The van der Waals surface area contributed by atoms with Crippen LogP contribution >= 0.6 is 0 Å². The topological polar surface area (TPSA) is 72.9 Å². The largest absolute Gasteiger partial charge is 0.349 e. The van der Waals surface area contributed by atoms with Crippen LogP contribution in [0.5, 0.6) is 0 Å². The molecule has 0 spiro atoms. The van der Waals surface area contributed by atoms with Gasteiger partial charge >= 0.3 is 0 Å². The summed E-state index contributed by atoms with van der Waals surface area (Å²) in [5.74, 6) is 0.246. The molecule has 1 heterocycles. The fourth-order valence-corrected chi connectivity index (χ4v) is 2.71. The van der Waals surface area contributed by atoms with Gasteiger partial charge in [-0.25, -0.2) is 4.68 Å². The van der Waals surface area contributed by atoms with Crippen LogP contribution in [0.3, 0.4) is 0 Å². The zero-order valence-corrected chi connectivity index (χ0v) is 15.3. The number of aryl methyl sites for hydroxylation is 1. The third-order valence-electron chi connectivity index (χ3n) is 4.90. The summed E-state index contributed by atoms with van der Waals surface area (Å²) in [5, 5.41) is 7.69. The highest BCUT2D eigenvalue weighted by molar-refractivity contribution is 5.80. The number of nitrogens with two attached hydrogens (primary N) is 1. The molecule has 1 unspecified atom stereocenters. The predicted octanol–water partition coefficient (Wildman–Crippen LogP) is 2.52. The van der Waals surface area contributed by atoms with Gasteiger partial charge in [-0.05, 0) is 38.8 Å². The molecule has 0 saturated carbocycles. The SMILES string of the molecule is Cc1nn(-c2ccccc2)c(C)c1CC(=O)NC(C)(CN)C(C)C. The quantitative estimate of drug-likeness (QED) is 0.856. The number of rotatable bonds is 6. The summed E-state index contributed by atoms with van der Waals surface area (Å²) >= 11 is 0. The van der Waals surface area contributed by atoms with E-state index in [1.54, 1.807) is 0 Å². The lowest BCUT2D eigenvalue weighted by atomic mass is 9.88. The second-order valence-corrected chi connectivity index (χ2v) is 6.90. The van der Waals surface area contributed by atoms with E-state index in [1.165, 1.54) is 0 Å². The number of aromatic nitrogens is 2. The number of hydrogen-bond donors (Lipinski definition) is 2. The molecule has 0 aliphatic carbocycles. The van der Waals surface area contributed by atoms with Crippen molar-refractivity contribution in [2.24, 2.45) is 11.7 Å². The molecule has 1 aromatic carbocycles. The van der Waals surface area contributed by atoms with Gasteiger partial charge < -0.3 is 11.1 Å². The minimum atomic E-state index is -0.395. The van der Waals surface area contributed by atoms with Crippen LogP contribution in [-0.4, -0.2) is 27.8 Å². The first-order chi connectivity index (χ1) is 11.3. The minimum Gasteiger partial charge on any atom is -0.349 e. The van der Waals surface area contributed by atoms with Gasteiger partial charge in [0.25, 0.3) is 0 Å².